The highest BCUT2D eigenvalue weighted by atomic mass is 16.6. The molecule has 0 aliphatic carbocycles. The van der Waals surface area contributed by atoms with Crippen molar-refractivity contribution in [2.24, 2.45) is 0 Å². The third-order valence-corrected chi connectivity index (χ3v) is 6.54. The summed E-state index contributed by atoms with van der Waals surface area (Å²) >= 11 is 0. The van der Waals surface area contributed by atoms with Crippen LogP contribution in [0.3, 0.4) is 0 Å². The first-order chi connectivity index (χ1) is 18.7. The molecule has 4 aromatic rings. The van der Waals surface area contributed by atoms with Crippen LogP contribution in [0.15, 0.2) is 54.9 Å². The summed E-state index contributed by atoms with van der Waals surface area (Å²) in [4.78, 5) is 35.3. The standard InChI is InChI=1S/C29H31N7O3/c1-29(2,3)39-28(38)33-20-7-4-6-18(14-20)27(37)36-13-10-19(17-36)25-15-22-21(9-12-31-26(22)34-25)23-16-32-35-24(23)8-5-11-30/h4-9,11-12,14-16,19,30H,10,13,17H2,1-3H3,(H,31,34)(H,32,35)(H,33,38)/b8-5-,30-11?. The molecule has 1 saturated heterocycles. The molecule has 3 aromatic heterocycles. The van der Waals surface area contributed by atoms with Crippen LogP contribution in [0.4, 0.5) is 10.5 Å². The Morgan fingerprint density at radius 2 is 2.05 bits per heavy atom. The van der Waals surface area contributed by atoms with E-state index < -0.39 is 11.7 Å². The zero-order chi connectivity index (χ0) is 27.6. The van der Waals surface area contributed by atoms with Gasteiger partial charge in [0.15, 0.2) is 0 Å². The molecular weight excluding hydrogens is 494 g/mol. The summed E-state index contributed by atoms with van der Waals surface area (Å²) in [6.07, 6.45) is 8.47. The van der Waals surface area contributed by atoms with Gasteiger partial charge in [-0.15, -0.1) is 0 Å². The number of benzene rings is 1. The van der Waals surface area contributed by atoms with Gasteiger partial charge in [-0.2, -0.15) is 5.10 Å². The van der Waals surface area contributed by atoms with Gasteiger partial charge in [0.2, 0.25) is 0 Å². The van der Waals surface area contributed by atoms with Crippen LogP contribution in [0.1, 0.15) is 54.9 Å². The van der Waals surface area contributed by atoms with Crippen molar-refractivity contribution in [1.29, 1.82) is 5.41 Å². The van der Waals surface area contributed by atoms with E-state index in [2.05, 4.69) is 31.5 Å². The quantitative estimate of drug-likeness (QED) is 0.243. The number of aromatic amines is 2. The van der Waals surface area contributed by atoms with Crippen molar-refractivity contribution in [1.82, 2.24) is 25.1 Å². The molecule has 10 nitrogen and oxygen atoms in total. The molecular formula is C29H31N7O3. The van der Waals surface area contributed by atoms with Crippen molar-refractivity contribution < 1.29 is 14.3 Å². The lowest BCUT2D eigenvalue weighted by Crippen LogP contribution is -2.29. The van der Waals surface area contributed by atoms with Gasteiger partial charge < -0.3 is 20.0 Å². The number of hydrogen-bond donors (Lipinski definition) is 4. The van der Waals surface area contributed by atoms with Gasteiger partial charge in [0.25, 0.3) is 5.91 Å². The van der Waals surface area contributed by atoms with Gasteiger partial charge in [0, 0.05) is 59.3 Å². The van der Waals surface area contributed by atoms with Gasteiger partial charge in [-0.05, 0) is 75.2 Å². The molecule has 0 radical (unpaired) electrons. The van der Waals surface area contributed by atoms with Gasteiger partial charge >= 0.3 is 6.09 Å². The minimum atomic E-state index is -0.611. The number of H-pyrrole nitrogens is 2. The SMILES string of the molecule is CC(C)(C)OC(=O)Nc1cccc(C(=O)N2CCC(c3cc4c(-c5cn[nH]c5/C=C\C=N)ccnc4[nH]3)C2)c1. The van der Waals surface area contributed by atoms with Crippen LogP contribution in [0, 0.1) is 5.41 Å². The molecule has 0 bridgehead atoms. The molecule has 0 saturated carbocycles. The number of allylic oxidation sites excluding steroid dienone is 1. The van der Waals surface area contributed by atoms with Crippen LogP contribution in [0.25, 0.3) is 28.2 Å². The van der Waals surface area contributed by atoms with E-state index in [1.807, 2.05) is 17.0 Å². The smallest absolute Gasteiger partial charge is 0.412 e. The van der Waals surface area contributed by atoms with Gasteiger partial charge in [-0.25, -0.2) is 9.78 Å². The largest absolute Gasteiger partial charge is 0.444 e. The normalized spacial score (nSPS) is 15.7. The molecule has 2 amide bonds. The second-order valence-corrected chi connectivity index (χ2v) is 10.5. The van der Waals surface area contributed by atoms with Crippen molar-refractivity contribution in [3.63, 3.8) is 0 Å². The lowest BCUT2D eigenvalue weighted by molar-refractivity contribution is 0.0635. The number of carbonyl (C=O) groups is 2. The Hall–Kier alpha value is -4.73. The summed E-state index contributed by atoms with van der Waals surface area (Å²) in [7, 11) is 0. The highest BCUT2D eigenvalue weighted by Crippen LogP contribution is 2.34. The molecule has 4 heterocycles. The first-order valence-electron chi connectivity index (χ1n) is 12.8. The van der Waals surface area contributed by atoms with Crippen LogP contribution in [0.5, 0.6) is 0 Å². The molecule has 39 heavy (non-hydrogen) atoms. The molecule has 1 aliphatic heterocycles. The maximum Gasteiger partial charge on any atom is 0.412 e. The number of nitrogens with one attached hydrogen (secondary N) is 4. The fraction of sp³-hybridized carbons (Fsp3) is 0.276. The van der Waals surface area contributed by atoms with Crippen LogP contribution >= 0.6 is 0 Å². The van der Waals surface area contributed by atoms with E-state index >= 15 is 0 Å². The number of rotatable bonds is 6. The van der Waals surface area contributed by atoms with Crippen molar-refractivity contribution >= 4 is 41.0 Å². The summed E-state index contributed by atoms with van der Waals surface area (Å²) in [6.45, 7) is 6.60. The van der Waals surface area contributed by atoms with Crippen molar-refractivity contribution in [3.8, 4) is 11.1 Å². The molecule has 10 heteroatoms. The maximum atomic E-state index is 13.3. The zero-order valence-electron chi connectivity index (χ0n) is 22.1. The Balaban J connectivity index is 1.32. The van der Waals surface area contributed by atoms with E-state index in [1.165, 1.54) is 6.21 Å². The molecule has 1 fully saturated rings. The lowest BCUT2D eigenvalue weighted by atomic mass is 10.0. The number of hydrogen-bond acceptors (Lipinski definition) is 6. The van der Waals surface area contributed by atoms with Gasteiger partial charge in [0.05, 0.1) is 11.9 Å². The second-order valence-electron chi connectivity index (χ2n) is 10.5. The van der Waals surface area contributed by atoms with Crippen LogP contribution in [0.2, 0.25) is 0 Å². The number of anilines is 1. The zero-order valence-corrected chi connectivity index (χ0v) is 22.1. The summed E-state index contributed by atoms with van der Waals surface area (Å²) in [6, 6.07) is 11.0. The number of carbonyl (C=O) groups excluding carboxylic acids is 2. The third-order valence-electron chi connectivity index (χ3n) is 6.54. The number of likely N-dealkylation sites (tertiary alicyclic amines) is 1. The number of amides is 2. The first kappa shape index (κ1) is 25.9. The summed E-state index contributed by atoms with van der Waals surface area (Å²) in [5, 5.41) is 18.1. The van der Waals surface area contributed by atoms with Crippen molar-refractivity contribution in [2.45, 2.75) is 38.7 Å². The predicted molar refractivity (Wildman–Crippen MR) is 151 cm³/mol. The summed E-state index contributed by atoms with van der Waals surface area (Å²) in [5.74, 6) is 0.0574. The molecule has 5 rings (SSSR count). The average molecular weight is 526 g/mol. The Labute approximate surface area is 226 Å². The number of aromatic nitrogens is 4. The molecule has 1 aromatic carbocycles. The minimum absolute atomic E-state index is 0.0821. The topological polar surface area (TPSA) is 140 Å². The molecule has 4 N–H and O–H groups in total. The van der Waals surface area contributed by atoms with E-state index in [0.717, 1.165) is 40.0 Å². The Bertz CT molecular complexity index is 1560. The maximum absolute atomic E-state index is 13.3. The third kappa shape index (κ3) is 5.74. The Morgan fingerprint density at radius 1 is 1.21 bits per heavy atom. The second kappa shape index (κ2) is 10.6. The molecule has 0 spiro atoms. The van der Waals surface area contributed by atoms with Crippen LogP contribution in [-0.2, 0) is 4.74 Å². The Kier molecular flexibility index (Phi) is 7.02. The van der Waals surface area contributed by atoms with E-state index in [9.17, 15) is 9.59 Å². The fourth-order valence-electron chi connectivity index (χ4n) is 4.82. The first-order valence-corrected chi connectivity index (χ1v) is 12.8. The monoisotopic (exact) mass is 525 g/mol. The number of nitrogens with zero attached hydrogens (tertiary/aromatic N) is 3. The van der Waals surface area contributed by atoms with Gasteiger partial charge in [-0.3, -0.25) is 15.2 Å². The summed E-state index contributed by atoms with van der Waals surface area (Å²) in [5.41, 5.74) is 4.94. The molecule has 1 aliphatic rings. The Morgan fingerprint density at radius 3 is 2.85 bits per heavy atom. The number of ether oxygens (including phenoxy) is 1. The highest BCUT2D eigenvalue weighted by Gasteiger charge is 2.30. The predicted octanol–water partition coefficient (Wildman–Crippen LogP) is 5.59. The minimum Gasteiger partial charge on any atom is -0.444 e. The van der Waals surface area contributed by atoms with Gasteiger partial charge in [0.1, 0.15) is 11.2 Å². The molecule has 1 atom stereocenters. The molecule has 1 unspecified atom stereocenters. The fourth-order valence-corrected chi connectivity index (χ4v) is 4.82. The lowest BCUT2D eigenvalue weighted by Gasteiger charge is -2.20. The highest BCUT2D eigenvalue weighted by molar-refractivity contribution is 5.97. The van der Waals surface area contributed by atoms with E-state index in [-0.39, 0.29) is 11.8 Å². The van der Waals surface area contributed by atoms with Crippen LogP contribution < -0.4 is 5.32 Å². The van der Waals surface area contributed by atoms with E-state index in [1.54, 1.807) is 63.5 Å². The number of pyridine rings is 1. The van der Waals surface area contributed by atoms with Gasteiger partial charge in [-0.1, -0.05) is 6.07 Å². The summed E-state index contributed by atoms with van der Waals surface area (Å²) < 4.78 is 5.31. The number of fused-ring (bicyclic) bond motifs is 1. The average Bonchev–Trinajstić information content (AvgIpc) is 3.65. The van der Waals surface area contributed by atoms with E-state index in [4.69, 9.17) is 10.1 Å². The van der Waals surface area contributed by atoms with Crippen molar-refractivity contribution in [2.75, 3.05) is 18.4 Å². The molecule has 200 valence electrons. The van der Waals surface area contributed by atoms with Crippen LogP contribution in [-0.4, -0.2) is 62.0 Å². The van der Waals surface area contributed by atoms with E-state index in [0.29, 0.717) is 24.3 Å². The van der Waals surface area contributed by atoms with Crippen molar-refractivity contribution in [3.05, 3.63) is 71.8 Å².